The monoisotopic (exact) mass is 366 g/mol. The molecule has 0 aliphatic heterocycles. The highest BCUT2D eigenvalue weighted by Crippen LogP contribution is 2.36. The topological polar surface area (TPSA) is 22.4 Å². The van der Waals surface area contributed by atoms with Crippen LogP contribution in [-0.2, 0) is 0 Å². The van der Waals surface area contributed by atoms with Crippen molar-refractivity contribution in [1.82, 2.24) is 0 Å². The van der Waals surface area contributed by atoms with E-state index in [9.17, 15) is 0 Å². The second kappa shape index (κ2) is 5.74. The Balaban J connectivity index is 1.84. The van der Waals surface area contributed by atoms with Crippen molar-refractivity contribution in [1.29, 1.82) is 0 Å². The molecule has 4 aromatic rings. The third kappa shape index (κ3) is 2.51. The van der Waals surface area contributed by atoms with E-state index in [-0.39, 0.29) is 0 Å². The van der Waals surface area contributed by atoms with Crippen LogP contribution in [0.2, 0.25) is 0 Å². The van der Waals surface area contributed by atoms with E-state index >= 15 is 0 Å². The molecule has 3 aromatic carbocycles. The van der Waals surface area contributed by atoms with E-state index in [2.05, 4.69) is 52.3 Å². The first-order valence-corrected chi connectivity index (χ1v) is 8.39. The second-order valence-corrected chi connectivity index (χ2v) is 6.19. The number of rotatable bonds is 3. The molecule has 0 spiro atoms. The van der Waals surface area contributed by atoms with Gasteiger partial charge in [-0.3, -0.25) is 0 Å². The Labute approximate surface area is 142 Å². The Morgan fingerprint density at radius 2 is 1.83 bits per heavy atom. The fraction of sp³-hybridized carbons (Fsp3) is 0.100. The highest BCUT2D eigenvalue weighted by molar-refractivity contribution is 9.10. The van der Waals surface area contributed by atoms with E-state index in [1.165, 1.54) is 0 Å². The largest absolute Gasteiger partial charge is 0.493 e. The number of ether oxygens (including phenoxy) is 1. The minimum Gasteiger partial charge on any atom is -0.493 e. The summed E-state index contributed by atoms with van der Waals surface area (Å²) in [6, 6.07) is 20.6. The number of hydrogen-bond acceptors (Lipinski definition) is 2. The van der Waals surface area contributed by atoms with Gasteiger partial charge < -0.3 is 9.15 Å². The molecule has 3 heteroatoms. The van der Waals surface area contributed by atoms with Gasteiger partial charge in [0.15, 0.2) is 0 Å². The van der Waals surface area contributed by atoms with Crippen molar-refractivity contribution in [3.63, 3.8) is 0 Å². The molecule has 0 aliphatic rings. The Hall–Kier alpha value is -2.26. The van der Waals surface area contributed by atoms with Crippen molar-refractivity contribution in [2.75, 3.05) is 6.61 Å². The number of benzene rings is 3. The first kappa shape index (κ1) is 14.3. The number of furan rings is 1. The van der Waals surface area contributed by atoms with Crippen LogP contribution < -0.4 is 4.74 Å². The van der Waals surface area contributed by atoms with Gasteiger partial charge in [-0.2, -0.15) is 0 Å². The number of halogens is 1. The van der Waals surface area contributed by atoms with Gasteiger partial charge in [0, 0.05) is 10.9 Å². The second-order valence-electron chi connectivity index (χ2n) is 5.40. The standard InChI is InChI=1S/C20H15BrO2/c1-2-22-18-10-8-13-11-15(7-9-16(13)20(18)21)19-12-14-5-3-4-6-17(14)23-19/h3-12H,2H2,1H3. The first-order chi connectivity index (χ1) is 11.3. The van der Waals surface area contributed by atoms with Crippen LogP contribution in [0.3, 0.4) is 0 Å². The van der Waals surface area contributed by atoms with E-state index in [4.69, 9.17) is 9.15 Å². The average Bonchev–Trinajstić information content (AvgIpc) is 3.01. The summed E-state index contributed by atoms with van der Waals surface area (Å²) in [5, 5.41) is 3.41. The third-order valence-corrected chi connectivity index (χ3v) is 4.75. The van der Waals surface area contributed by atoms with Gasteiger partial charge in [0.1, 0.15) is 17.1 Å². The normalized spacial score (nSPS) is 11.2. The molecule has 1 aromatic heterocycles. The zero-order valence-electron chi connectivity index (χ0n) is 12.7. The van der Waals surface area contributed by atoms with Crippen LogP contribution in [0.25, 0.3) is 33.1 Å². The van der Waals surface area contributed by atoms with Crippen molar-refractivity contribution < 1.29 is 9.15 Å². The maximum atomic E-state index is 5.96. The SMILES string of the molecule is CCOc1ccc2cc(-c3cc4ccccc4o3)ccc2c1Br. The molecule has 0 saturated carbocycles. The van der Waals surface area contributed by atoms with Gasteiger partial charge in [0.05, 0.1) is 11.1 Å². The summed E-state index contributed by atoms with van der Waals surface area (Å²) in [6.45, 7) is 2.64. The zero-order chi connectivity index (χ0) is 15.8. The van der Waals surface area contributed by atoms with E-state index in [1.54, 1.807) is 0 Å². The summed E-state index contributed by atoms with van der Waals surface area (Å²) in [5.41, 5.74) is 1.99. The maximum Gasteiger partial charge on any atom is 0.135 e. The van der Waals surface area contributed by atoms with Gasteiger partial charge in [-0.15, -0.1) is 0 Å². The summed E-state index contributed by atoms with van der Waals surface area (Å²) in [4.78, 5) is 0. The Morgan fingerprint density at radius 3 is 2.65 bits per heavy atom. The molecule has 0 atom stereocenters. The van der Waals surface area contributed by atoms with E-state index < -0.39 is 0 Å². The quantitative estimate of drug-likeness (QED) is 0.417. The van der Waals surface area contributed by atoms with Gasteiger partial charge >= 0.3 is 0 Å². The van der Waals surface area contributed by atoms with E-state index in [0.29, 0.717) is 6.61 Å². The van der Waals surface area contributed by atoms with Gasteiger partial charge in [0.25, 0.3) is 0 Å². The number of para-hydroxylation sites is 1. The van der Waals surface area contributed by atoms with E-state index in [0.717, 1.165) is 43.3 Å². The first-order valence-electron chi connectivity index (χ1n) is 7.60. The Kier molecular flexibility index (Phi) is 3.58. The lowest BCUT2D eigenvalue weighted by molar-refractivity contribution is 0.338. The molecule has 2 nitrogen and oxygen atoms in total. The molecule has 0 N–H and O–H groups in total. The van der Waals surface area contributed by atoms with Gasteiger partial charge in [0.2, 0.25) is 0 Å². The lowest BCUT2D eigenvalue weighted by Crippen LogP contribution is -1.92. The summed E-state index contributed by atoms with van der Waals surface area (Å²) in [7, 11) is 0. The molecule has 0 fully saturated rings. The van der Waals surface area contributed by atoms with Crippen molar-refractivity contribution in [2.45, 2.75) is 6.92 Å². The third-order valence-electron chi connectivity index (χ3n) is 3.93. The molecule has 0 amide bonds. The molecular formula is C20H15BrO2. The predicted molar refractivity (Wildman–Crippen MR) is 98.0 cm³/mol. The molecule has 1 heterocycles. The number of hydrogen-bond donors (Lipinski definition) is 0. The minimum absolute atomic E-state index is 0.654. The molecule has 0 bridgehead atoms. The van der Waals surface area contributed by atoms with Crippen LogP contribution in [0, 0.1) is 0 Å². The van der Waals surface area contributed by atoms with Crippen LogP contribution in [0.5, 0.6) is 5.75 Å². The van der Waals surface area contributed by atoms with Gasteiger partial charge in [-0.1, -0.05) is 36.4 Å². The highest BCUT2D eigenvalue weighted by atomic mass is 79.9. The van der Waals surface area contributed by atoms with Crippen LogP contribution >= 0.6 is 15.9 Å². The summed E-state index contributed by atoms with van der Waals surface area (Å²) in [5.74, 6) is 1.76. The van der Waals surface area contributed by atoms with Crippen molar-refractivity contribution in [2.24, 2.45) is 0 Å². The molecule has 4 rings (SSSR count). The molecule has 0 aliphatic carbocycles. The maximum absolute atomic E-state index is 5.96. The van der Waals surface area contributed by atoms with Crippen LogP contribution in [0.4, 0.5) is 0 Å². The predicted octanol–water partition coefficient (Wildman–Crippen LogP) is 6.41. The smallest absolute Gasteiger partial charge is 0.135 e. The Bertz CT molecular complexity index is 968. The molecule has 114 valence electrons. The van der Waals surface area contributed by atoms with Gasteiger partial charge in [-0.25, -0.2) is 0 Å². The fourth-order valence-electron chi connectivity index (χ4n) is 2.82. The van der Waals surface area contributed by atoms with Crippen LogP contribution in [0.15, 0.2) is 69.6 Å². The molecule has 0 unspecified atom stereocenters. The fourth-order valence-corrected chi connectivity index (χ4v) is 3.42. The molecule has 0 radical (unpaired) electrons. The van der Waals surface area contributed by atoms with E-state index in [1.807, 2.05) is 31.2 Å². The van der Waals surface area contributed by atoms with Crippen molar-refractivity contribution >= 4 is 37.7 Å². The lowest BCUT2D eigenvalue weighted by Gasteiger charge is -2.09. The molecule has 23 heavy (non-hydrogen) atoms. The molecular weight excluding hydrogens is 352 g/mol. The molecule has 0 saturated heterocycles. The van der Waals surface area contributed by atoms with Crippen molar-refractivity contribution in [3.8, 4) is 17.1 Å². The zero-order valence-corrected chi connectivity index (χ0v) is 14.3. The highest BCUT2D eigenvalue weighted by Gasteiger charge is 2.10. The number of fused-ring (bicyclic) bond motifs is 2. The summed E-state index contributed by atoms with van der Waals surface area (Å²) >= 11 is 3.64. The Morgan fingerprint density at radius 1 is 0.957 bits per heavy atom. The van der Waals surface area contributed by atoms with Gasteiger partial charge in [-0.05, 0) is 57.9 Å². The van der Waals surface area contributed by atoms with Crippen molar-refractivity contribution in [3.05, 3.63) is 65.1 Å². The average molecular weight is 367 g/mol. The van der Waals surface area contributed by atoms with Crippen LogP contribution in [-0.4, -0.2) is 6.61 Å². The summed E-state index contributed by atoms with van der Waals surface area (Å²) in [6.07, 6.45) is 0. The summed E-state index contributed by atoms with van der Waals surface area (Å²) < 4.78 is 12.6. The minimum atomic E-state index is 0.654. The van der Waals surface area contributed by atoms with Crippen LogP contribution in [0.1, 0.15) is 6.92 Å². The lowest BCUT2D eigenvalue weighted by atomic mass is 10.0.